The number of carbonyl (C=O) groups excluding carboxylic acids is 2. The number of alkyl carbamates (subject to hydrolysis) is 1. The highest BCUT2D eigenvalue weighted by molar-refractivity contribution is 5.73. The molecule has 0 radical (unpaired) electrons. The maximum absolute atomic E-state index is 11.6. The largest absolute Gasteiger partial charge is 0.466 e. The lowest BCUT2D eigenvalue weighted by Crippen LogP contribution is -2.42. The first kappa shape index (κ1) is 15.8. The lowest BCUT2D eigenvalue weighted by atomic mass is 10.1. The molecule has 1 fully saturated rings. The predicted octanol–water partition coefficient (Wildman–Crippen LogP) is 1.21. The summed E-state index contributed by atoms with van der Waals surface area (Å²) in [6, 6.07) is -0.468. The first-order valence-corrected chi connectivity index (χ1v) is 6.57. The number of esters is 1. The third-order valence-electron chi connectivity index (χ3n) is 2.85. The van der Waals surface area contributed by atoms with Gasteiger partial charge in [0.1, 0.15) is 5.60 Å². The fourth-order valence-corrected chi connectivity index (χ4v) is 2.08. The number of rotatable bonds is 3. The Balaban J connectivity index is 2.48. The zero-order valence-corrected chi connectivity index (χ0v) is 11.9. The molecule has 0 heterocycles. The molecular formula is C13H23NO5. The molecule has 2 N–H and O–H groups in total. The van der Waals surface area contributed by atoms with Crippen LogP contribution in [0.2, 0.25) is 0 Å². The molecule has 0 aromatic heterocycles. The van der Waals surface area contributed by atoms with Gasteiger partial charge in [0.2, 0.25) is 0 Å². The quantitative estimate of drug-likeness (QED) is 0.755. The van der Waals surface area contributed by atoms with E-state index < -0.39 is 23.8 Å². The zero-order chi connectivity index (χ0) is 14.6. The number of aliphatic hydroxyl groups excluding tert-OH is 1. The van der Waals surface area contributed by atoms with Crippen LogP contribution < -0.4 is 5.32 Å². The van der Waals surface area contributed by atoms with Crippen LogP contribution in [0.4, 0.5) is 4.79 Å². The summed E-state index contributed by atoms with van der Waals surface area (Å²) in [6.45, 7) is 7.34. The number of hydrogen-bond acceptors (Lipinski definition) is 5. The van der Waals surface area contributed by atoms with Crippen molar-refractivity contribution in [3.8, 4) is 0 Å². The SMILES string of the molecule is CCOC(=O)C1C[C@H](O)[C@H](NC(=O)OC(C)(C)C)C1. The summed E-state index contributed by atoms with van der Waals surface area (Å²) < 4.78 is 10.0. The number of amides is 1. The minimum atomic E-state index is -0.748. The van der Waals surface area contributed by atoms with Gasteiger partial charge in [-0.2, -0.15) is 0 Å². The average Bonchev–Trinajstić information content (AvgIpc) is 2.58. The molecule has 1 saturated carbocycles. The van der Waals surface area contributed by atoms with Crippen molar-refractivity contribution < 1.29 is 24.2 Å². The summed E-state index contributed by atoms with van der Waals surface area (Å²) in [4.78, 5) is 23.2. The van der Waals surface area contributed by atoms with E-state index in [1.54, 1.807) is 27.7 Å². The first-order valence-electron chi connectivity index (χ1n) is 6.57. The molecular weight excluding hydrogens is 250 g/mol. The standard InChI is InChI=1S/C13H23NO5/c1-5-18-11(16)8-6-9(10(15)7-8)14-12(17)19-13(2,3)4/h8-10,15H,5-7H2,1-4H3,(H,14,17)/t8?,9-,10+/m1/s1. The molecule has 0 bridgehead atoms. The van der Waals surface area contributed by atoms with Crippen molar-refractivity contribution in [2.24, 2.45) is 5.92 Å². The first-order chi connectivity index (χ1) is 8.73. The van der Waals surface area contributed by atoms with Crippen molar-refractivity contribution in [1.82, 2.24) is 5.32 Å². The highest BCUT2D eigenvalue weighted by Gasteiger charge is 2.39. The van der Waals surface area contributed by atoms with E-state index in [1.807, 2.05) is 0 Å². The summed E-state index contributed by atoms with van der Waals surface area (Å²) in [6.07, 6.45) is -0.651. The van der Waals surface area contributed by atoms with Crippen molar-refractivity contribution in [3.63, 3.8) is 0 Å². The van der Waals surface area contributed by atoms with Crippen LogP contribution in [0.5, 0.6) is 0 Å². The second kappa shape index (κ2) is 6.23. The van der Waals surface area contributed by atoms with E-state index in [1.165, 1.54) is 0 Å². The lowest BCUT2D eigenvalue weighted by molar-refractivity contribution is -0.148. The molecule has 6 nitrogen and oxygen atoms in total. The van der Waals surface area contributed by atoms with Crippen molar-refractivity contribution in [1.29, 1.82) is 0 Å². The van der Waals surface area contributed by atoms with Crippen LogP contribution in [0.25, 0.3) is 0 Å². The number of hydrogen-bond donors (Lipinski definition) is 2. The highest BCUT2D eigenvalue weighted by atomic mass is 16.6. The smallest absolute Gasteiger partial charge is 0.407 e. The van der Waals surface area contributed by atoms with Crippen LogP contribution in [0.15, 0.2) is 0 Å². The van der Waals surface area contributed by atoms with E-state index in [9.17, 15) is 14.7 Å². The number of nitrogens with one attached hydrogen (secondary N) is 1. The summed E-state index contributed by atoms with van der Waals surface area (Å²) >= 11 is 0. The molecule has 0 spiro atoms. The predicted molar refractivity (Wildman–Crippen MR) is 68.5 cm³/mol. The van der Waals surface area contributed by atoms with E-state index in [4.69, 9.17) is 9.47 Å². The molecule has 3 atom stereocenters. The summed E-state index contributed by atoms with van der Waals surface area (Å²) in [5.41, 5.74) is -0.589. The fraction of sp³-hybridized carbons (Fsp3) is 0.846. The van der Waals surface area contributed by atoms with Crippen molar-refractivity contribution >= 4 is 12.1 Å². The van der Waals surface area contributed by atoms with Gasteiger partial charge in [-0.05, 0) is 40.5 Å². The van der Waals surface area contributed by atoms with Gasteiger partial charge in [0.15, 0.2) is 0 Å². The molecule has 0 aromatic rings. The molecule has 0 saturated heterocycles. The Labute approximate surface area is 113 Å². The Bertz CT molecular complexity index is 336. The van der Waals surface area contributed by atoms with Gasteiger partial charge < -0.3 is 19.9 Å². The zero-order valence-electron chi connectivity index (χ0n) is 11.9. The lowest BCUT2D eigenvalue weighted by Gasteiger charge is -2.22. The fourth-order valence-electron chi connectivity index (χ4n) is 2.08. The molecule has 6 heteroatoms. The maximum Gasteiger partial charge on any atom is 0.407 e. The van der Waals surface area contributed by atoms with Crippen molar-refractivity contribution in [2.45, 2.75) is 58.3 Å². The highest BCUT2D eigenvalue weighted by Crippen LogP contribution is 2.27. The van der Waals surface area contributed by atoms with Crippen LogP contribution >= 0.6 is 0 Å². The second-order valence-corrected chi connectivity index (χ2v) is 5.74. The Morgan fingerprint density at radius 2 is 1.95 bits per heavy atom. The normalized spacial score (nSPS) is 26.9. The van der Waals surface area contributed by atoms with Gasteiger partial charge in [-0.15, -0.1) is 0 Å². The van der Waals surface area contributed by atoms with Crippen molar-refractivity contribution in [3.05, 3.63) is 0 Å². The minimum Gasteiger partial charge on any atom is -0.466 e. The van der Waals surface area contributed by atoms with Crippen molar-refractivity contribution in [2.75, 3.05) is 6.61 Å². The Kier molecular flexibility index (Phi) is 5.17. The van der Waals surface area contributed by atoms with E-state index >= 15 is 0 Å². The molecule has 0 aliphatic heterocycles. The van der Waals surface area contributed by atoms with E-state index in [0.29, 0.717) is 19.4 Å². The second-order valence-electron chi connectivity index (χ2n) is 5.74. The Hall–Kier alpha value is -1.30. The van der Waals surface area contributed by atoms with E-state index in [2.05, 4.69) is 5.32 Å². The van der Waals surface area contributed by atoms with Gasteiger partial charge in [-0.3, -0.25) is 4.79 Å². The molecule has 1 unspecified atom stereocenters. The molecule has 1 rings (SSSR count). The summed E-state index contributed by atoms with van der Waals surface area (Å²) in [5, 5.41) is 12.4. The molecule has 1 amide bonds. The average molecular weight is 273 g/mol. The molecule has 0 aromatic carbocycles. The summed E-state index contributed by atoms with van der Waals surface area (Å²) in [5.74, 6) is -0.690. The van der Waals surface area contributed by atoms with E-state index in [0.717, 1.165) is 0 Å². The topological polar surface area (TPSA) is 84.9 Å². The van der Waals surface area contributed by atoms with Crippen LogP contribution in [0.1, 0.15) is 40.5 Å². The van der Waals surface area contributed by atoms with Crippen LogP contribution in [0.3, 0.4) is 0 Å². The van der Waals surface area contributed by atoms with Gasteiger partial charge in [-0.1, -0.05) is 0 Å². The number of ether oxygens (including phenoxy) is 2. The Morgan fingerprint density at radius 1 is 1.32 bits per heavy atom. The maximum atomic E-state index is 11.6. The third-order valence-corrected chi connectivity index (χ3v) is 2.85. The molecule has 110 valence electrons. The Morgan fingerprint density at radius 3 is 2.47 bits per heavy atom. The monoisotopic (exact) mass is 273 g/mol. The van der Waals surface area contributed by atoms with Crippen LogP contribution in [-0.2, 0) is 14.3 Å². The summed E-state index contributed by atoms with van der Waals surface area (Å²) in [7, 11) is 0. The van der Waals surface area contributed by atoms with Gasteiger partial charge in [-0.25, -0.2) is 4.79 Å². The number of aliphatic hydroxyl groups is 1. The van der Waals surface area contributed by atoms with Crippen LogP contribution in [-0.4, -0.2) is 41.5 Å². The molecule has 19 heavy (non-hydrogen) atoms. The number of carbonyl (C=O) groups is 2. The van der Waals surface area contributed by atoms with Crippen LogP contribution in [0, 0.1) is 5.92 Å². The van der Waals surface area contributed by atoms with Gasteiger partial charge in [0.25, 0.3) is 0 Å². The van der Waals surface area contributed by atoms with E-state index in [-0.39, 0.29) is 11.9 Å². The third kappa shape index (κ3) is 5.06. The minimum absolute atomic E-state index is 0.305. The molecule has 1 aliphatic carbocycles. The van der Waals surface area contributed by atoms with Gasteiger partial charge in [0.05, 0.1) is 24.7 Å². The molecule has 1 aliphatic rings. The van der Waals surface area contributed by atoms with Gasteiger partial charge in [0, 0.05) is 0 Å². The van der Waals surface area contributed by atoms with Gasteiger partial charge >= 0.3 is 12.1 Å².